The number of thioether (sulfide) groups is 1. The number of thiocyanates is 1. The summed E-state index contributed by atoms with van der Waals surface area (Å²) in [5, 5.41) is 13.1. The van der Waals surface area contributed by atoms with Crippen LogP contribution in [-0.4, -0.2) is 16.6 Å². The average molecular weight is 402 g/mol. The van der Waals surface area contributed by atoms with Gasteiger partial charge in [0.25, 0.3) is 0 Å². The SMILES string of the molecule is Cc1cc(NC(=O)CSC#N)cc2nc(-c3cccc(Br)c3)oc12. The number of oxazole rings is 1. The Kier molecular flexibility index (Phi) is 4.88. The molecule has 0 spiro atoms. The number of nitrogens with zero attached hydrogens (tertiary/aromatic N) is 2. The Hall–Kier alpha value is -2.30. The molecule has 120 valence electrons. The van der Waals surface area contributed by atoms with Crippen molar-refractivity contribution in [1.82, 2.24) is 4.98 Å². The van der Waals surface area contributed by atoms with Gasteiger partial charge in [-0.2, -0.15) is 5.26 Å². The van der Waals surface area contributed by atoms with E-state index in [4.69, 9.17) is 9.68 Å². The second-order valence-corrected chi connectivity index (χ2v) is 6.77. The van der Waals surface area contributed by atoms with Crippen molar-refractivity contribution >= 4 is 50.4 Å². The molecule has 0 fully saturated rings. The zero-order valence-electron chi connectivity index (χ0n) is 12.7. The summed E-state index contributed by atoms with van der Waals surface area (Å²) in [6.07, 6.45) is 0. The van der Waals surface area contributed by atoms with Crippen LogP contribution in [0, 0.1) is 17.6 Å². The number of hydrogen-bond donors (Lipinski definition) is 1. The van der Waals surface area contributed by atoms with E-state index in [1.54, 1.807) is 6.07 Å². The smallest absolute Gasteiger partial charge is 0.235 e. The Morgan fingerprint density at radius 1 is 1.42 bits per heavy atom. The highest BCUT2D eigenvalue weighted by molar-refractivity contribution is 9.10. The fourth-order valence-corrected chi connectivity index (χ4v) is 2.98. The van der Waals surface area contributed by atoms with Gasteiger partial charge in [-0.25, -0.2) is 4.98 Å². The first-order valence-corrected chi connectivity index (χ1v) is 8.82. The maximum Gasteiger partial charge on any atom is 0.235 e. The van der Waals surface area contributed by atoms with Crippen molar-refractivity contribution in [1.29, 1.82) is 5.26 Å². The van der Waals surface area contributed by atoms with Gasteiger partial charge in [0.05, 0.1) is 5.75 Å². The molecule has 0 unspecified atom stereocenters. The summed E-state index contributed by atoms with van der Waals surface area (Å²) >= 11 is 4.34. The summed E-state index contributed by atoms with van der Waals surface area (Å²) in [6.45, 7) is 1.90. The molecule has 0 atom stereocenters. The van der Waals surface area contributed by atoms with Crippen molar-refractivity contribution in [3.8, 4) is 16.9 Å². The van der Waals surface area contributed by atoms with Gasteiger partial charge in [-0.3, -0.25) is 4.79 Å². The van der Waals surface area contributed by atoms with Crippen LogP contribution in [0.15, 0.2) is 45.3 Å². The molecular formula is C17H12BrN3O2S. The van der Waals surface area contributed by atoms with Crippen LogP contribution in [-0.2, 0) is 4.79 Å². The number of carbonyl (C=O) groups is 1. The maximum absolute atomic E-state index is 11.8. The number of rotatable bonds is 4. The van der Waals surface area contributed by atoms with Crippen LogP contribution in [0.4, 0.5) is 5.69 Å². The zero-order valence-corrected chi connectivity index (χ0v) is 15.1. The van der Waals surface area contributed by atoms with Crippen molar-refractivity contribution in [2.75, 3.05) is 11.1 Å². The number of carbonyl (C=O) groups excluding carboxylic acids is 1. The minimum absolute atomic E-state index is 0.0929. The van der Waals surface area contributed by atoms with E-state index in [9.17, 15) is 4.79 Å². The molecule has 3 aromatic rings. The number of aromatic nitrogens is 1. The Morgan fingerprint density at radius 3 is 3.00 bits per heavy atom. The first kappa shape index (κ1) is 16.6. The molecule has 5 nitrogen and oxygen atoms in total. The van der Waals surface area contributed by atoms with Gasteiger partial charge in [-0.1, -0.05) is 22.0 Å². The van der Waals surface area contributed by atoms with Gasteiger partial charge >= 0.3 is 0 Å². The van der Waals surface area contributed by atoms with Gasteiger partial charge in [-0.05, 0) is 54.6 Å². The molecule has 0 aliphatic carbocycles. The molecule has 1 N–H and O–H groups in total. The normalized spacial score (nSPS) is 10.5. The molecule has 0 aliphatic heterocycles. The minimum Gasteiger partial charge on any atom is -0.436 e. The molecule has 1 heterocycles. The van der Waals surface area contributed by atoms with Crippen molar-refractivity contribution in [3.63, 3.8) is 0 Å². The molecule has 2 aromatic carbocycles. The first-order valence-electron chi connectivity index (χ1n) is 7.04. The third kappa shape index (κ3) is 3.61. The average Bonchev–Trinajstić information content (AvgIpc) is 2.97. The molecule has 7 heteroatoms. The standard InChI is InChI=1S/C17H12BrN3O2S/c1-10-5-13(20-15(22)8-24-9-19)7-14-16(10)23-17(21-14)11-3-2-4-12(18)6-11/h2-7H,8H2,1H3,(H,20,22). The Balaban J connectivity index is 1.94. The van der Waals surface area contributed by atoms with Gasteiger partial charge in [0.2, 0.25) is 11.8 Å². The van der Waals surface area contributed by atoms with Crippen molar-refractivity contribution in [2.45, 2.75) is 6.92 Å². The number of fused-ring (bicyclic) bond motifs is 1. The summed E-state index contributed by atoms with van der Waals surface area (Å²) in [5.74, 6) is 0.393. The summed E-state index contributed by atoms with van der Waals surface area (Å²) in [7, 11) is 0. The highest BCUT2D eigenvalue weighted by Crippen LogP contribution is 2.30. The van der Waals surface area contributed by atoms with E-state index in [0.717, 1.165) is 27.4 Å². The van der Waals surface area contributed by atoms with Crippen LogP contribution in [0.5, 0.6) is 0 Å². The largest absolute Gasteiger partial charge is 0.436 e. The number of halogens is 1. The Bertz CT molecular complexity index is 962. The third-order valence-electron chi connectivity index (χ3n) is 3.30. The number of aryl methyl sites for hydroxylation is 1. The van der Waals surface area contributed by atoms with Crippen LogP contribution < -0.4 is 5.32 Å². The predicted octanol–water partition coefficient (Wildman–Crippen LogP) is 4.72. The van der Waals surface area contributed by atoms with Gasteiger partial charge in [0.1, 0.15) is 10.9 Å². The number of hydrogen-bond acceptors (Lipinski definition) is 5. The molecule has 0 bridgehead atoms. The number of amides is 1. The second kappa shape index (κ2) is 7.07. The summed E-state index contributed by atoms with van der Waals surface area (Å²) in [5.41, 5.74) is 3.75. The number of nitriles is 1. The van der Waals surface area contributed by atoms with Crippen LogP contribution >= 0.6 is 27.7 Å². The van der Waals surface area contributed by atoms with Gasteiger partial charge < -0.3 is 9.73 Å². The fourth-order valence-electron chi connectivity index (χ4n) is 2.31. The van der Waals surface area contributed by atoms with Crippen LogP contribution in [0.1, 0.15) is 5.56 Å². The van der Waals surface area contributed by atoms with E-state index in [1.807, 2.05) is 42.7 Å². The third-order valence-corrected chi connectivity index (χ3v) is 4.33. The Morgan fingerprint density at radius 2 is 2.25 bits per heavy atom. The van der Waals surface area contributed by atoms with E-state index in [0.29, 0.717) is 22.7 Å². The lowest BCUT2D eigenvalue weighted by Gasteiger charge is -2.04. The summed E-state index contributed by atoms with van der Waals surface area (Å²) in [4.78, 5) is 16.3. The van der Waals surface area contributed by atoms with E-state index in [2.05, 4.69) is 26.2 Å². The molecule has 1 aromatic heterocycles. The van der Waals surface area contributed by atoms with Gasteiger partial charge in [-0.15, -0.1) is 0 Å². The minimum atomic E-state index is -0.226. The van der Waals surface area contributed by atoms with Crippen molar-refractivity contribution < 1.29 is 9.21 Å². The lowest BCUT2D eigenvalue weighted by Crippen LogP contribution is -2.13. The lowest BCUT2D eigenvalue weighted by molar-refractivity contribution is -0.113. The first-order chi connectivity index (χ1) is 11.6. The fraction of sp³-hybridized carbons (Fsp3) is 0.118. The summed E-state index contributed by atoms with van der Waals surface area (Å²) < 4.78 is 6.82. The zero-order chi connectivity index (χ0) is 17.1. The van der Waals surface area contributed by atoms with Crippen LogP contribution in [0.2, 0.25) is 0 Å². The topological polar surface area (TPSA) is 78.9 Å². The van der Waals surface area contributed by atoms with E-state index in [1.165, 1.54) is 0 Å². The molecule has 0 radical (unpaired) electrons. The highest BCUT2D eigenvalue weighted by Gasteiger charge is 2.13. The molecule has 24 heavy (non-hydrogen) atoms. The molecule has 0 saturated carbocycles. The molecular weight excluding hydrogens is 390 g/mol. The summed E-state index contributed by atoms with van der Waals surface area (Å²) in [6, 6.07) is 11.3. The van der Waals surface area contributed by atoms with E-state index in [-0.39, 0.29) is 11.7 Å². The van der Waals surface area contributed by atoms with E-state index >= 15 is 0 Å². The van der Waals surface area contributed by atoms with Crippen molar-refractivity contribution in [3.05, 3.63) is 46.4 Å². The van der Waals surface area contributed by atoms with Crippen molar-refractivity contribution in [2.24, 2.45) is 0 Å². The monoisotopic (exact) mass is 401 g/mol. The second-order valence-electron chi connectivity index (χ2n) is 5.10. The molecule has 1 amide bonds. The van der Waals surface area contributed by atoms with Crippen LogP contribution in [0.25, 0.3) is 22.6 Å². The number of benzene rings is 2. The number of anilines is 1. The number of nitrogens with one attached hydrogen (secondary N) is 1. The molecule has 0 saturated heterocycles. The lowest BCUT2D eigenvalue weighted by atomic mass is 10.2. The van der Waals surface area contributed by atoms with Gasteiger partial charge in [0, 0.05) is 15.7 Å². The van der Waals surface area contributed by atoms with E-state index < -0.39 is 0 Å². The molecule has 3 rings (SSSR count). The highest BCUT2D eigenvalue weighted by atomic mass is 79.9. The van der Waals surface area contributed by atoms with Crippen LogP contribution in [0.3, 0.4) is 0 Å². The predicted molar refractivity (Wildman–Crippen MR) is 98.6 cm³/mol. The maximum atomic E-state index is 11.8. The molecule has 0 aliphatic rings. The quantitative estimate of drug-likeness (QED) is 0.639. The van der Waals surface area contributed by atoms with Gasteiger partial charge in [0.15, 0.2) is 5.58 Å². The Labute approximate surface area is 151 Å².